The van der Waals surface area contributed by atoms with E-state index in [4.69, 9.17) is 0 Å². The van der Waals surface area contributed by atoms with Crippen LogP contribution in [0.25, 0.3) is 5.76 Å². The molecule has 0 aromatic heterocycles. The van der Waals surface area contributed by atoms with Crippen LogP contribution in [-0.4, -0.2) is 49.1 Å². The van der Waals surface area contributed by atoms with E-state index in [9.17, 15) is 34.9 Å². The summed E-state index contributed by atoms with van der Waals surface area (Å²) < 4.78 is 0. The van der Waals surface area contributed by atoms with Crippen LogP contribution >= 0.6 is 0 Å². The number of ketones is 1. The van der Waals surface area contributed by atoms with E-state index in [-0.39, 0.29) is 23.1 Å². The number of aromatic hydroxyl groups is 2. The summed E-state index contributed by atoms with van der Waals surface area (Å²) in [5.74, 6) is -4.61. The van der Waals surface area contributed by atoms with Gasteiger partial charge in [0.2, 0.25) is 0 Å². The van der Waals surface area contributed by atoms with Gasteiger partial charge < -0.3 is 20.2 Å². The Morgan fingerprint density at radius 2 is 1.78 bits per heavy atom. The minimum absolute atomic E-state index is 0.0473. The molecule has 0 aliphatic carbocycles. The summed E-state index contributed by atoms with van der Waals surface area (Å²) in [7, 11) is 0. The second-order valence-electron chi connectivity index (χ2n) is 7.42. The quantitative estimate of drug-likeness (QED) is 0.111. The molecule has 32 heavy (non-hydrogen) atoms. The van der Waals surface area contributed by atoms with Crippen molar-refractivity contribution in [2.24, 2.45) is 0 Å². The van der Waals surface area contributed by atoms with E-state index >= 15 is 0 Å². The van der Waals surface area contributed by atoms with Crippen LogP contribution in [-0.2, 0) is 14.4 Å². The number of unbranched alkanes of at least 4 members (excludes halogenated alkanes) is 1. The van der Waals surface area contributed by atoms with Gasteiger partial charge in [-0.3, -0.25) is 19.6 Å². The molecule has 2 amide bonds. The second kappa shape index (κ2) is 9.52. The highest BCUT2D eigenvalue weighted by Crippen LogP contribution is 2.46. The molecular formula is C23H24N2O7. The molecule has 2 aromatic carbocycles. The summed E-state index contributed by atoms with van der Waals surface area (Å²) in [6, 6.07) is 9.42. The van der Waals surface area contributed by atoms with Crippen LogP contribution in [0.1, 0.15) is 43.4 Å². The minimum atomic E-state index is -1.37. The monoisotopic (exact) mass is 440 g/mol. The number of benzene rings is 2. The molecule has 2 aromatic rings. The summed E-state index contributed by atoms with van der Waals surface area (Å²) in [5, 5.41) is 40.7. The normalized spacial score (nSPS) is 18.6. The third-order valence-corrected chi connectivity index (χ3v) is 5.45. The number of nitrogens with one attached hydrogen (secondary N) is 1. The predicted molar refractivity (Wildman–Crippen MR) is 114 cm³/mol. The van der Waals surface area contributed by atoms with Crippen LogP contribution < -0.4 is 5.48 Å². The van der Waals surface area contributed by atoms with E-state index < -0.39 is 46.9 Å². The smallest absolute Gasteiger partial charge is 0.296 e. The molecule has 5 N–H and O–H groups in total. The highest BCUT2D eigenvalue weighted by atomic mass is 16.5. The van der Waals surface area contributed by atoms with Gasteiger partial charge in [0.15, 0.2) is 11.5 Å². The zero-order chi connectivity index (χ0) is 23.4. The van der Waals surface area contributed by atoms with Gasteiger partial charge in [-0.15, -0.1) is 0 Å². The Kier molecular flexibility index (Phi) is 6.79. The lowest BCUT2D eigenvalue weighted by molar-refractivity contribution is -0.147. The van der Waals surface area contributed by atoms with E-state index in [0.717, 1.165) is 4.90 Å². The number of para-hydroxylation sites is 1. The van der Waals surface area contributed by atoms with Gasteiger partial charge in [-0.1, -0.05) is 62.2 Å². The van der Waals surface area contributed by atoms with Gasteiger partial charge in [0.1, 0.15) is 11.8 Å². The number of carbonyl (C=O) groups is 3. The van der Waals surface area contributed by atoms with Crippen LogP contribution in [0, 0.1) is 0 Å². The zero-order valence-electron chi connectivity index (χ0n) is 17.4. The molecule has 0 spiro atoms. The Hall–Kier alpha value is -3.85. The molecule has 1 aliphatic rings. The molecule has 0 radical (unpaired) electrons. The van der Waals surface area contributed by atoms with E-state index in [2.05, 4.69) is 0 Å². The number of aliphatic hydroxyl groups is 1. The van der Waals surface area contributed by atoms with Crippen molar-refractivity contribution in [3.8, 4) is 11.5 Å². The van der Waals surface area contributed by atoms with Crippen molar-refractivity contribution in [1.82, 2.24) is 10.4 Å². The maximum absolute atomic E-state index is 13.1. The third kappa shape index (κ3) is 4.02. The Labute approximate surface area is 184 Å². The summed E-state index contributed by atoms with van der Waals surface area (Å²) >= 11 is 0. The van der Waals surface area contributed by atoms with Gasteiger partial charge in [0.05, 0.1) is 11.6 Å². The Balaban J connectivity index is 2.28. The molecule has 9 heteroatoms. The number of Topliss-reactive ketones (excluding diaryl/α,β-unsaturated/α-hetero) is 1. The summed E-state index contributed by atoms with van der Waals surface area (Å²) in [6.07, 6.45) is 1.29. The van der Waals surface area contributed by atoms with Crippen molar-refractivity contribution in [3.05, 3.63) is 65.2 Å². The fraction of sp³-hybridized carbons (Fsp3) is 0.261. The maximum atomic E-state index is 13.1. The standard InChI is InChI=1S/C23H24N2O7/c1-2-3-11-15(22(30)24-32)25-18(14-10-7-12-16(26)20(14)28)17(21(29)23(25)31)19(27)13-8-5-4-6-9-13/h4-10,12,15,18,26-28,32H,2-3,11H2,1H3,(H,24,30). The van der Waals surface area contributed by atoms with Gasteiger partial charge in [-0.25, -0.2) is 5.48 Å². The van der Waals surface area contributed by atoms with Crippen molar-refractivity contribution < 1.29 is 34.9 Å². The van der Waals surface area contributed by atoms with E-state index in [1.54, 1.807) is 18.2 Å². The third-order valence-electron chi connectivity index (χ3n) is 5.45. The minimum Gasteiger partial charge on any atom is -0.507 e. The van der Waals surface area contributed by atoms with Gasteiger partial charge in [-0.05, 0) is 12.5 Å². The van der Waals surface area contributed by atoms with E-state index in [1.807, 2.05) is 6.92 Å². The number of aliphatic hydroxyl groups excluding tert-OH is 1. The molecule has 9 nitrogen and oxygen atoms in total. The molecular weight excluding hydrogens is 416 g/mol. The molecule has 2 atom stereocenters. The van der Waals surface area contributed by atoms with E-state index in [1.165, 1.54) is 35.8 Å². The predicted octanol–water partition coefficient (Wildman–Crippen LogP) is 2.58. The Bertz CT molecular complexity index is 1070. The molecule has 1 saturated heterocycles. The summed E-state index contributed by atoms with van der Waals surface area (Å²) in [6.45, 7) is 1.87. The second-order valence-corrected chi connectivity index (χ2v) is 7.42. The van der Waals surface area contributed by atoms with Crippen LogP contribution in [0.5, 0.6) is 11.5 Å². The SMILES string of the molecule is CCCCC(C(=O)NO)N1C(=O)C(=O)C(=C(O)c2ccccc2)C1c1cccc(O)c1O. The Morgan fingerprint density at radius 1 is 1.09 bits per heavy atom. The first-order valence-electron chi connectivity index (χ1n) is 10.1. The van der Waals surface area contributed by atoms with Gasteiger partial charge in [0.25, 0.3) is 17.6 Å². The number of carbonyl (C=O) groups excluding carboxylic acids is 3. The molecule has 1 aliphatic heterocycles. The van der Waals surface area contributed by atoms with Crippen LogP contribution in [0.4, 0.5) is 0 Å². The lowest BCUT2D eigenvalue weighted by atomic mass is 9.93. The number of hydrogen-bond acceptors (Lipinski definition) is 7. The van der Waals surface area contributed by atoms with Crippen LogP contribution in [0.3, 0.4) is 0 Å². The number of nitrogens with zero attached hydrogens (tertiary/aromatic N) is 1. The molecule has 0 saturated carbocycles. The number of amides is 2. The molecule has 1 fully saturated rings. The molecule has 3 rings (SSSR count). The number of likely N-dealkylation sites (tertiary alicyclic amines) is 1. The molecule has 2 unspecified atom stereocenters. The largest absolute Gasteiger partial charge is 0.507 e. The summed E-state index contributed by atoms with van der Waals surface area (Å²) in [5.41, 5.74) is 1.40. The highest BCUT2D eigenvalue weighted by Gasteiger charge is 2.51. The van der Waals surface area contributed by atoms with Crippen LogP contribution in [0.2, 0.25) is 0 Å². The first-order valence-corrected chi connectivity index (χ1v) is 10.1. The van der Waals surface area contributed by atoms with E-state index in [0.29, 0.717) is 12.8 Å². The first kappa shape index (κ1) is 22.8. The van der Waals surface area contributed by atoms with Crippen LogP contribution in [0.15, 0.2) is 54.1 Å². The number of hydrogen-bond donors (Lipinski definition) is 5. The lowest BCUT2D eigenvalue weighted by Gasteiger charge is -2.32. The molecule has 1 heterocycles. The maximum Gasteiger partial charge on any atom is 0.296 e. The number of rotatable bonds is 7. The number of hydroxylamine groups is 1. The van der Waals surface area contributed by atoms with Crippen molar-refractivity contribution >= 4 is 23.4 Å². The average Bonchev–Trinajstić information content (AvgIpc) is 3.06. The Morgan fingerprint density at radius 3 is 2.41 bits per heavy atom. The molecule has 168 valence electrons. The first-order chi connectivity index (χ1) is 15.3. The zero-order valence-corrected chi connectivity index (χ0v) is 17.4. The fourth-order valence-corrected chi connectivity index (χ4v) is 3.87. The van der Waals surface area contributed by atoms with Gasteiger partial charge in [0, 0.05) is 11.1 Å². The average molecular weight is 440 g/mol. The van der Waals surface area contributed by atoms with Crippen molar-refractivity contribution in [1.29, 1.82) is 0 Å². The van der Waals surface area contributed by atoms with Crippen molar-refractivity contribution in [2.75, 3.05) is 0 Å². The van der Waals surface area contributed by atoms with Gasteiger partial charge in [-0.2, -0.15) is 0 Å². The van der Waals surface area contributed by atoms with Crippen molar-refractivity contribution in [3.63, 3.8) is 0 Å². The van der Waals surface area contributed by atoms with Crippen molar-refractivity contribution in [2.45, 2.75) is 38.3 Å². The topological polar surface area (TPSA) is 147 Å². The summed E-state index contributed by atoms with van der Waals surface area (Å²) in [4.78, 5) is 39.5. The van der Waals surface area contributed by atoms with Gasteiger partial charge >= 0.3 is 0 Å². The fourth-order valence-electron chi connectivity index (χ4n) is 3.87. The lowest BCUT2D eigenvalue weighted by Crippen LogP contribution is -2.48. The molecule has 0 bridgehead atoms. The number of phenolic OH excluding ortho intramolecular Hbond substituents is 2. The number of phenols is 2. The highest BCUT2D eigenvalue weighted by molar-refractivity contribution is 6.47.